The zero-order chi connectivity index (χ0) is 40.6. The normalized spacial score (nSPS) is 10.6. The molecule has 6 aromatic heterocycles. The molecule has 10 rings (SSSR count). The Labute approximate surface area is 351 Å². The summed E-state index contributed by atoms with van der Waals surface area (Å²) in [5.74, 6) is 0.597. The number of hydrogen-bond acceptors (Lipinski definition) is 12. The summed E-state index contributed by atoms with van der Waals surface area (Å²) in [6, 6.07) is 35.1. The predicted molar refractivity (Wildman–Crippen MR) is 238 cm³/mol. The molecule has 0 radical (unpaired) electrons. The third-order valence-electron chi connectivity index (χ3n) is 8.92. The second kappa shape index (κ2) is 17.9. The number of nitrogens with two attached hydrogens (primary N) is 1. The lowest BCUT2D eigenvalue weighted by Crippen LogP contribution is -2.01. The molecule has 0 atom stereocenters. The number of fused-ring (bicyclic) bond motifs is 4. The monoisotopic (exact) mass is 824 g/mol. The van der Waals surface area contributed by atoms with Crippen molar-refractivity contribution in [3.05, 3.63) is 173 Å². The number of nitrogens with zero attached hydrogens (tertiary/aromatic N) is 10. The summed E-state index contributed by atoms with van der Waals surface area (Å²) in [7, 11) is 0. The zero-order valence-corrected chi connectivity index (χ0v) is 33.2. The van der Waals surface area contributed by atoms with Crippen molar-refractivity contribution in [2.45, 2.75) is 13.1 Å². The molecule has 6 heterocycles. The second-order valence-corrected chi connectivity index (χ2v) is 14.7. The highest BCUT2D eigenvalue weighted by Gasteiger charge is 2.09. The molecule has 0 aliphatic heterocycles. The van der Waals surface area contributed by atoms with Crippen molar-refractivity contribution < 1.29 is 0 Å². The zero-order valence-electron chi connectivity index (χ0n) is 30.9. The fraction of sp³-hybridized carbons (Fsp3) is 0.0455. The summed E-state index contributed by atoms with van der Waals surface area (Å²) in [5.41, 5.74) is 14.4. The van der Waals surface area contributed by atoms with E-state index in [0.29, 0.717) is 35.7 Å². The van der Waals surface area contributed by atoms with Gasteiger partial charge in [-0.2, -0.15) is 13.7 Å². The Morgan fingerprint density at radius 1 is 0.576 bits per heavy atom. The first kappa shape index (κ1) is 38.5. The number of aromatic nitrogens is 8. The van der Waals surface area contributed by atoms with Crippen LogP contribution in [0.1, 0.15) is 11.1 Å². The molecule has 0 aliphatic carbocycles. The van der Waals surface area contributed by atoms with Gasteiger partial charge in [0.25, 0.3) is 0 Å². The Kier molecular flexibility index (Phi) is 11.7. The molecule has 0 bridgehead atoms. The average Bonchev–Trinajstić information content (AvgIpc) is 3.97. The highest BCUT2D eigenvalue weighted by molar-refractivity contribution is 7.09. The van der Waals surface area contributed by atoms with Crippen molar-refractivity contribution in [1.29, 1.82) is 0 Å². The molecule has 0 aliphatic rings. The van der Waals surface area contributed by atoms with E-state index < -0.39 is 0 Å². The van der Waals surface area contributed by atoms with Crippen molar-refractivity contribution in [1.82, 2.24) is 38.7 Å². The number of rotatable bonds is 6. The van der Waals surface area contributed by atoms with E-state index in [1.165, 1.54) is 23.1 Å². The minimum absolute atomic E-state index is 0.297. The topological polar surface area (TPSA) is 150 Å². The largest absolute Gasteiger partial charge is 0.349 e. The minimum atomic E-state index is 0.297. The van der Waals surface area contributed by atoms with Crippen LogP contribution in [0.4, 0.5) is 17.3 Å². The molecular weight excluding hydrogens is 796 g/mol. The molecule has 0 unspecified atom stereocenters. The Morgan fingerprint density at radius 2 is 1.12 bits per heavy atom. The van der Waals surface area contributed by atoms with E-state index in [1.54, 1.807) is 36.8 Å². The lowest BCUT2D eigenvalue weighted by atomic mass is 10.1. The molecule has 0 saturated heterocycles. The van der Waals surface area contributed by atoms with E-state index in [-0.39, 0.29) is 0 Å². The molecule has 15 heteroatoms. The molecule has 0 spiro atoms. The molecule has 12 nitrogen and oxygen atoms in total. The third-order valence-corrected chi connectivity index (χ3v) is 10.7. The summed E-state index contributed by atoms with van der Waals surface area (Å²) < 4.78 is 8.38. The number of nitrogens with one attached hydrogen (secondary N) is 1. The highest BCUT2D eigenvalue weighted by atomic mass is 35.5. The lowest BCUT2D eigenvalue weighted by Gasteiger charge is -2.04. The summed E-state index contributed by atoms with van der Waals surface area (Å²) >= 11 is 8.37. The quantitative estimate of drug-likeness (QED) is 0.155. The van der Waals surface area contributed by atoms with Crippen LogP contribution in [-0.2, 0) is 13.1 Å². The first-order valence-corrected chi connectivity index (χ1v) is 19.9. The maximum absolute atomic E-state index is 7.10. The maximum Gasteiger partial charge on any atom is 0.235 e. The van der Waals surface area contributed by atoms with Gasteiger partial charge in [-0.15, -0.1) is 0 Å². The molecule has 10 aromatic rings. The molecule has 59 heavy (non-hydrogen) atoms. The van der Waals surface area contributed by atoms with Crippen molar-refractivity contribution in [3.63, 3.8) is 0 Å². The Bertz CT molecular complexity index is 3190. The van der Waals surface area contributed by atoms with Crippen LogP contribution in [0.3, 0.4) is 0 Å². The van der Waals surface area contributed by atoms with Crippen LogP contribution >= 0.6 is 34.7 Å². The molecule has 0 saturated carbocycles. The number of pyridine rings is 4. The van der Waals surface area contributed by atoms with Crippen molar-refractivity contribution >= 4 is 95.6 Å². The lowest BCUT2D eigenvalue weighted by molar-refractivity contribution is 1.06. The number of hydrogen-bond donors (Lipinski definition) is 2. The van der Waals surface area contributed by atoms with E-state index in [1.807, 2.05) is 85.1 Å². The van der Waals surface area contributed by atoms with Crippen molar-refractivity contribution in [3.8, 4) is 21.1 Å². The first-order valence-electron chi connectivity index (χ1n) is 17.9. The number of anilines is 1. The van der Waals surface area contributed by atoms with E-state index in [9.17, 15) is 0 Å². The van der Waals surface area contributed by atoms with Crippen LogP contribution < -0.4 is 11.1 Å². The molecule has 3 N–H and O–H groups in total. The molecule has 0 amide bonds. The van der Waals surface area contributed by atoms with Crippen molar-refractivity contribution in [2.75, 3.05) is 5.32 Å². The summed E-state index contributed by atoms with van der Waals surface area (Å²) in [5, 5.41) is 9.46. The van der Waals surface area contributed by atoms with E-state index in [0.717, 1.165) is 75.9 Å². The van der Waals surface area contributed by atoms with Gasteiger partial charge < -0.3 is 11.1 Å². The van der Waals surface area contributed by atoms with Crippen LogP contribution in [0.5, 0.6) is 0 Å². The standard InChI is InChI=1S/C22H14N6S.C11H6ClN3S.C11H9N3/c1-23-18-6-4-16-9-14(12-25-20(16)11-18)13-26-22-27-21(29-28-22)17-5-7-19-15(10-17)3-2-8-24-19;12-11-14-10(16-15-11)8-3-4-9-7(6-8)2-1-5-13-9;1-13-10-3-2-9-4-8(6-12)7-14-11(9)5-10/h2-12H,13H2,(H,26,28);1-6H;2-5,7H,6,12H2. The van der Waals surface area contributed by atoms with E-state index >= 15 is 0 Å². The molecule has 0 fully saturated rings. The van der Waals surface area contributed by atoms with Gasteiger partial charge in [0.05, 0.1) is 35.2 Å². The van der Waals surface area contributed by atoms with Gasteiger partial charge in [-0.05, 0) is 129 Å². The summed E-state index contributed by atoms with van der Waals surface area (Å²) in [6.07, 6.45) is 7.13. The molecule has 4 aromatic carbocycles. The Morgan fingerprint density at radius 3 is 1.68 bits per heavy atom. The van der Waals surface area contributed by atoms with Crippen LogP contribution in [0, 0.1) is 13.1 Å². The predicted octanol–water partition coefficient (Wildman–Crippen LogP) is 11.1. The van der Waals surface area contributed by atoms with Gasteiger partial charge in [-0.1, -0.05) is 36.4 Å². The summed E-state index contributed by atoms with van der Waals surface area (Å²) in [6.45, 7) is 15.0. The number of halogens is 1. The Hall–Kier alpha value is -7.33. The first-order chi connectivity index (χ1) is 28.9. The third kappa shape index (κ3) is 9.29. The smallest absolute Gasteiger partial charge is 0.235 e. The van der Waals surface area contributed by atoms with Crippen LogP contribution in [0.25, 0.3) is 74.4 Å². The van der Waals surface area contributed by atoms with Crippen LogP contribution in [-0.4, -0.2) is 38.7 Å². The minimum Gasteiger partial charge on any atom is -0.349 e. The fourth-order valence-electron chi connectivity index (χ4n) is 5.99. The molecular formula is C44H29ClN12S2. The van der Waals surface area contributed by atoms with Gasteiger partial charge >= 0.3 is 0 Å². The second-order valence-electron chi connectivity index (χ2n) is 12.8. The fourth-order valence-corrected chi connectivity index (χ4v) is 7.43. The van der Waals surface area contributed by atoms with Gasteiger partial charge in [0.15, 0.2) is 11.4 Å². The van der Waals surface area contributed by atoms with Crippen molar-refractivity contribution in [2.24, 2.45) is 5.73 Å². The maximum atomic E-state index is 7.10. The molecule has 284 valence electrons. The van der Waals surface area contributed by atoms with Crippen LogP contribution in [0.2, 0.25) is 5.28 Å². The van der Waals surface area contributed by atoms with E-state index in [2.05, 4.69) is 65.8 Å². The SMILES string of the molecule is Clc1nsc(-c2ccc3ncccc3c2)n1.[C-]#[N+]c1ccc2cc(CN)cnc2c1.[C-]#[N+]c1ccc2cc(CNc3nsc(-c4ccc5ncccc5c4)n3)cnc2c1. The average molecular weight is 825 g/mol. The van der Waals surface area contributed by atoms with Crippen LogP contribution in [0.15, 0.2) is 134 Å². The van der Waals surface area contributed by atoms with Gasteiger partial charge in [0.1, 0.15) is 10.0 Å². The highest BCUT2D eigenvalue weighted by Crippen LogP contribution is 2.28. The van der Waals surface area contributed by atoms with Gasteiger partial charge in [0.2, 0.25) is 11.2 Å². The number of benzene rings is 4. The Balaban J connectivity index is 0.000000136. The van der Waals surface area contributed by atoms with Gasteiger partial charge in [0, 0.05) is 59.8 Å². The van der Waals surface area contributed by atoms with Gasteiger partial charge in [-0.3, -0.25) is 19.9 Å². The summed E-state index contributed by atoms with van der Waals surface area (Å²) in [4.78, 5) is 32.8. The van der Waals surface area contributed by atoms with Gasteiger partial charge in [-0.25, -0.2) is 14.7 Å². The van der Waals surface area contributed by atoms with E-state index in [4.69, 9.17) is 30.5 Å².